The van der Waals surface area contributed by atoms with Crippen LogP contribution in [0.15, 0.2) is 48.5 Å². The molecule has 2 fully saturated rings. The molecule has 0 radical (unpaired) electrons. The lowest BCUT2D eigenvalue weighted by Crippen LogP contribution is -2.20. The second kappa shape index (κ2) is 11.8. The Bertz CT molecular complexity index is 1310. The summed E-state index contributed by atoms with van der Waals surface area (Å²) in [6.07, 6.45) is -11.3. The van der Waals surface area contributed by atoms with Crippen molar-refractivity contribution >= 4 is 0 Å². The summed E-state index contributed by atoms with van der Waals surface area (Å²) < 4.78 is 143. The Balaban J connectivity index is 1.33. The lowest BCUT2D eigenvalue weighted by Gasteiger charge is -2.22. The zero-order valence-corrected chi connectivity index (χ0v) is 21.5. The third-order valence-electron chi connectivity index (χ3n) is 6.13. The highest BCUT2D eigenvalue weighted by atomic mass is 19.4. The molecule has 226 valence electrons. The summed E-state index contributed by atoms with van der Waals surface area (Å²) in [7, 11) is 0. The van der Waals surface area contributed by atoms with E-state index in [1.54, 1.807) is 0 Å². The van der Waals surface area contributed by atoms with Crippen LogP contribution in [0.3, 0.4) is 0 Å². The molecule has 2 aliphatic rings. The Morgan fingerprint density at radius 3 is 1.24 bits per heavy atom. The van der Waals surface area contributed by atoms with Gasteiger partial charge in [0.15, 0.2) is 23.1 Å². The average Bonchev–Trinajstić information content (AvgIpc) is 3.84. The number of halogens is 8. The van der Waals surface area contributed by atoms with E-state index in [-0.39, 0.29) is 48.0 Å². The third-order valence-corrected chi connectivity index (χ3v) is 6.13. The van der Waals surface area contributed by atoms with Gasteiger partial charge >= 0.3 is 12.4 Å². The van der Waals surface area contributed by atoms with Gasteiger partial charge < -0.3 is 28.4 Å². The van der Waals surface area contributed by atoms with Gasteiger partial charge in [-0.3, -0.25) is 0 Å². The van der Waals surface area contributed by atoms with Crippen LogP contribution in [0.25, 0.3) is 0 Å². The van der Waals surface area contributed by atoms with Crippen molar-refractivity contribution < 1.29 is 63.5 Å². The Morgan fingerprint density at radius 2 is 0.929 bits per heavy atom. The maximum Gasteiger partial charge on any atom is 0.420 e. The molecule has 0 saturated carbocycles. The normalized spacial score (nSPS) is 18.0. The van der Waals surface area contributed by atoms with Crippen molar-refractivity contribution in [3.8, 4) is 23.0 Å². The fourth-order valence-corrected chi connectivity index (χ4v) is 3.89. The highest BCUT2D eigenvalue weighted by Crippen LogP contribution is 2.49. The standard InChI is InChI=1S/C28H22F8O6/c29-19-7-15(1-3-21(19)41-13-17-11-37-17)9-39-23-5-6-24(26(28(34,35)36)25(23)27(31,32)33)40-10-16-2-4-22(20(30)8-16)42-14-18-12-38-18/h1-8,17-18H,9-14H2. The molecule has 0 spiro atoms. The van der Waals surface area contributed by atoms with Gasteiger partial charge in [-0.25, -0.2) is 8.78 Å². The van der Waals surface area contributed by atoms with E-state index in [9.17, 15) is 35.1 Å². The van der Waals surface area contributed by atoms with Gasteiger partial charge in [0.25, 0.3) is 0 Å². The van der Waals surface area contributed by atoms with Crippen molar-refractivity contribution in [3.05, 3.63) is 82.4 Å². The summed E-state index contributed by atoms with van der Waals surface area (Å²) in [4.78, 5) is 0. The second-order valence-electron chi connectivity index (χ2n) is 9.45. The molecular formula is C28H22F8O6. The molecule has 0 aliphatic carbocycles. The molecule has 0 amide bonds. The maximum atomic E-state index is 14.3. The van der Waals surface area contributed by atoms with Gasteiger partial charge in [0, 0.05) is 0 Å². The predicted molar refractivity (Wildman–Crippen MR) is 128 cm³/mol. The summed E-state index contributed by atoms with van der Waals surface area (Å²) in [6, 6.07) is 8.28. The molecule has 0 aromatic heterocycles. The molecule has 6 nitrogen and oxygen atoms in total. The largest absolute Gasteiger partial charge is 0.488 e. The van der Waals surface area contributed by atoms with Crippen molar-refractivity contribution in [3.63, 3.8) is 0 Å². The van der Waals surface area contributed by atoms with Crippen LogP contribution in [0.4, 0.5) is 35.1 Å². The first kappa shape index (κ1) is 29.7. The van der Waals surface area contributed by atoms with E-state index in [4.69, 9.17) is 28.4 Å². The quantitative estimate of drug-likeness (QED) is 0.169. The van der Waals surface area contributed by atoms with Crippen LogP contribution >= 0.6 is 0 Å². The molecule has 5 rings (SSSR count). The molecule has 0 bridgehead atoms. The number of rotatable bonds is 12. The summed E-state index contributed by atoms with van der Waals surface area (Å²) in [5, 5.41) is 0. The lowest BCUT2D eigenvalue weighted by molar-refractivity contribution is -0.164. The molecule has 2 aliphatic heterocycles. The first-order valence-corrected chi connectivity index (χ1v) is 12.5. The third kappa shape index (κ3) is 7.53. The van der Waals surface area contributed by atoms with E-state index in [1.807, 2.05) is 0 Å². The molecule has 2 saturated heterocycles. The van der Waals surface area contributed by atoms with Gasteiger partial charge in [0.1, 0.15) is 61.3 Å². The molecule has 14 heteroatoms. The van der Waals surface area contributed by atoms with Gasteiger partial charge in [0.05, 0.1) is 13.2 Å². The van der Waals surface area contributed by atoms with Crippen LogP contribution in [0, 0.1) is 11.6 Å². The Labute approximate surface area is 233 Å². The zero-order chi connectivity index (χ0) is 30.1. The van der Waals surface area contributed by atoms with Gasteiger partial charge in [-0.1, -0.05) is 12.1 Å². The minimum Gasteiger partial charge on any atom is -0.488 e. The Morgan fingerprint density at radius 1 is 0.571 bits per heavy atom. The number of alkyl halides is 6. The van der Waals surface area contributed by atoms with Crippen LogP contribution in [-0.2, 0) is 35.0 Å². The lowest BCUT2D eigenvalue weighted by atomic mass is 10.0. The van der Waals surface area contributed by atoms with Crippen LogP contribution < -0.4 is 18.9 Å². The predicted octanol–water partition coefficient (Wildman–Crippen LogP) is 6.72. The highest BCUT2D eigenvalue weighted by molar-refractivity contribution is 5.52. The topological polar surface area (TPSA) is 62.0 Å². The monoisotopic (exact) mass is 606 g/mol. The molecule has 42 heavy (non-hydrogen) atoms. The highest BCUT2D eigenvalue weighted by Gasteiger charge is 2.48. The van der Waals surface area contributed by atoms with E-state index in [2.05, 4.69) is 0 Å². The van der Waals surface area contributed by atoms with E-state index in [0.29, 0.717) is 25.3 Å². The van der Waals surface area contributed by atoms with E-state index < -0.39 is 59.8 Å². The maximum absolute atomic E-state index is 14.3. The fraction of sp³-hybridized carbons (Fsp3) is 0.357. The van der Waals surface area contributed by atoms with Crippen molar-refractivity contribution in [1.29, 1.82) is 0 Å². The van der Waals surface area contributed by atoms with Crippen molar-refractivity contribution in [2.75, 3.05) is 26.4 Å². The molecular weight excluding hydrogens is 584 g/mol. The molecule has 3 aromatic rings. The SMILES string of the molecule is Fc1cc(COc2ccc(OCc3ccc(OCC4CO4)c(F)c3)c(C(F)(F)F)c2C(F)(F)F)ccc1OCC1CO1. The minimum atomic E-state index is -5.51. The molecule has 2 atom stereocenters. The van der Waals surface area contributed by atoms with Crippen LogP contribution in [-0.4, -0.2) is 38.6 Å². The number of benzene rings is 3. The summed E-state index contributed by atoms with van der Waals surface area (Å²) in [5.41, 5.74) is -4.14. The van der Waals surface area contributed by atoms with E-state index in [1.165, 1.54) is 24.3 Å². The number of ether oxygens (including phenoxy) is 6. The second-order valence-corrected chi connectivity index (χ2v) is 9.45. The summed E-state index contributed by atoms with van der Waals surface area (Å²) >= 11 is 0. The minimum absolute atomic E-state index is 0.0450. The first-order chi connectivity index (χ1) is 19.9. The van der Waals surface area contributed by atoms with E-state index >= 15 is 0 Å². The Hall–Kier alpha value is -3.78. The Kier molecular flexibility index (Phi) is 8.37. The smallest absolute Gasteiger partial charge is 0.420 e. The van der Waals surface area contributed by atoms with Gasteiger partial charge in [-0.05, 0) is 47.5 Å². The van der Waals surface area contributed by atoms with Crippen LogP contribution in [0.1, 0.15) is 22.3 Å². The molecule has 0 N–H and O–H groups in total. The van der Waals surface area contributed by atoms with Gasteiger partial charge in [-0.15, -0.1) is 0 Å². The van der Waals surface area contributed by atoms with Crippen molar-refractivity contribution in [1.82, 2.24) is 0 Å². The van der Waals surface area contributed by atoms with Crippen LogP contribution in [0.2, 0.25) is 0 Å². The summed E-state index contributed by atoms with van der Waals surface area (Å²) in [5.74, 6) is -4.19. The van der Waals surface area contributed by atoms with Gasteiger partial charge in [-0.2, -0.15) is 26.3 Å². The number of hydrogen-bond donors (Lipinski definition) is 0. The van der Waals surface area contributed by atoms with Crippen LogP contribution in [0.5, 0.6) is 23.0 Å². The van der Waals surface area contributed by atoms with Gasteiger partial charge in [0.2, 0.25) is 0 Å². The molecule has 2 heterocycles. The van der Waals surface area contributed by atoms with Crippen molar-refractivity contribution in [2.24, 2.45) is 0 Å². The van der Waals surface area contributed by atoms with Crippen molar-refractivity contribution in [2.45, 2.75) is 37.8 Å². The average molecular weight is 606 g/mol. The molecule has 2 unspecified atom stereocenters. The fourth-order valence-electron chi connectivity index (χ4n) is 3.89. The van der Waals surface area contributed by atoms with E-state index in [0.717, 1.165) is 12.1 Å². The summed E-state index contributed by atoms with van der Waals surface area (Å²) in [6.45, 7) is -0.163. The first-order valence-electron chi connectivity index (χ1n) is 12.5. The number of epoxide rings is 2. The number of hydrogen-bond acceptors (Lipinski definition) is 6. The zero-order valence-electron chi connectivity index (χ0n) is 21.5. The molecule has 3 aromatic carbocycles.